The Morgan fingerprint density at radius 1 is 1.08 bits per heavy atom. The number of nitrogens with zero attached hydrogens (tertiary/aromatic N) is 3. The van der Waals surface area contributed by atoms with Gasteiger partial charge in [0.25, 0.3) is 17.3 Å². The molecule has 3 rings (SSSR count). The van der Waals surface area contributed by atoms with Crippen molar-refractivity contribution in [2.24, 2.45) is 0 Å². The number of non-ortho nitro benzene ring substituents is 1. The Balaban J connectivity index is 1.99. The van der Waals surface area contributed by atoms with Crippen molar-refractivity contribution in [3.8, 4) is 0 Å². The molecule has 1 amide bonds. The number of carbonyl (C=O) groups excluding carboxylic acids is 1. The lowest BCUT2D eigenvalue weighted by Crippen LogP contribution is -2.29. The second kappa shape index (κ2) is 5.73. The minimum atomic E-state index is -0.533. The number of carbonyl (C=O) groups is 1. The van der Waals surface area contributed by atoms with Gasteiger partial charge in [-0.3, -0.25) is 25.0 Å². The topological polar surface area (TPSA) is 107 Å². The molecule has 2 aromatic carbocycles. The fourth-order valence-corrected chi connectivity index (χ4v) is 2.79. The Morgan fingerprint density at radius 3 is 2.50 bits per heavy atom. The second-order valence-electron chi connectivity index (χ2n) is 5.54. The number of anilines is 1. The highest BCUT2D eigenvalue weighted by molar-refractivity contribution is 6.07. The van der Waals surface area contributed by atoms with E-state index in [0.717, 1.165) is 5.56 Å². The predicted molar refractivity (Wildman–Crippen MR) is 86.3 cm³/mol. The smallest absolute Gasteiger partial charge is 0.273 e. The van der Waals surface area contributed by atoms with E-state index < -0.39 is 15.8 Å². The number of hydrogen-bond acceptors (Lipinski definition) is 5. The quantitative estimate of drug-likeness (QED) is 0.636. The number of hydrogen-bond donors (Lipinski definition) is 0. The zero-order valence-electron chi connectivity index (χ0n) is 12.8. The SMILES string of the molecule is Cc1ccc(C(=O)N2CCc3ccc([N+](=O)[O-])cc32)cc1[N+](=O)[O-]. The third kappa shape index (κ3) is 2.58. The summed E-state index contributed by atoms with van der Waals surface area (Å²) in [5, 5.41) is 22.0. The van der Waals surface area contributed by atoms with Crippen LogP contribution in [0, 0.1) is 27.2 Å². The van der Waals surface area contributed by atoms with E-state index in [9.17, 15) is 25.0 Å². The summed E-state index contributed by atoms with van der Waals surface area (Å²) in [4.78, 5) is 35.1. The van der Waals surface area contributed by atoms with E-state index in [1.165, 1.54) is 35.2 Å². The summed E-state index contributed by atoms with van der Waals surface area (Å²) in [6, 6.07) is 8.70. The first-order valence-electron chi connectivity index (χ1n) is 7.22. The average molecular weight is 327 g/mol. The van der Waals surface area contributed by atoms with Gasteiger partial charge in [-0.25, -0.2) is 0 Å². The van der Waals surface area contributed by atoms with Crippen molar-refractivity contribution in [1.29, 1.82) is 0 Å². The molecule has 0 saturated heterocycles. The van der Waals surface area contributed by atoms with Crippen molar-refractivity contribution in [1.82, 2.24) is 0 Å². The summed E-state index contributed by atoms with van der Waals surface area (Å²) in [5.74, 6) is -0.405. The lowest BCUT2D eigenvalue weighted by Gasteiger charge is -2.17. The molecule has 24 heavy (non-hydrogen) atoms. The molecule has 8 nitrogen and oxygen atoms in total. The molecule has 0 aromatic heterocycles. The van der Waals surface area contributed by atoms with Crippen molar-refractivity contribution in [2.75, 3.05) is 11.4 Å². The highest BCUT2D eigenvalue weighted by atomic mass is 16.6. The van der Waals surface area contributed by atoms with Crippen molar-refractivity contribution in [2.45, 2.75) is 13.3 Å². The summed E-state index contributed by atoms with van der Waals surface area (Å²) in [6.45, 7) is 1.98. The predicted octanol–water partition coefficient (Wildman–Crippen LogP) is 3.01. The minimum Gasteiger partial charge on any atom is -0.307 e. The van der Waals surface area contributed by atoms with Crippen LogP contribution in [0.2, 0.25) is 0 Å². The molecule has 0 aliphatic carbocycles. The monoisotopic (exact) mass is 327 g/mol. The zero-order chi connectivity index (χ0) is 17.4. The molecule has 0 N–H and O–H groups in total. The normalized spacial score (nSPS) is 12.8. The highest BCUT2D eigenvalue weighted by Gasteiger charge is 2.28. The Kier molecular flexibility index (Phi) is 3.72. The van der Waals surface area contributed by atoms with Crippen molar-refractivity contribution in [3.05, 3.63) is 73.3 Å². The van der Waals surface area contributed by atoms with Crippen molar-refractivity contribution >= 4 is 23.0 Å². The van der Waals surface area contributed by atoms with E-state index in [4.69, 9.17) is 0 Å². The first-order valence-corrected chi connectivity index (χ1v) is 7.22. The Hall–Kier alpha value is -3.29. The van der Waals surface area contributed by atoms with Crippen LogP contribution in [0.1, 0.15) is 21.5 Å². The van der Waals surface area contributed by atoms with Crippen LogP contribution in [0.4, 0.5) is 17.1 Å². The van der Waals surface area contributed by atoms with Gasteiger partial charge < -0.3 is 4.90 Å². The molecule has 0 saturated carbocycles. The standard InChI is InChI=1S/C16H13N3O5/c1-10-2-3-12(8-14(10)19(23)24)16(20)17-7-6-11-4-5-13(18(21)22)9-15(11)17/h2-5,8-9H,6-7H2,1H3. The van der Waals surface area contributed by atoms with Gasteiger partial charge in [-0.05, 0) is 25.0 Å². The van der Waals surface area contributed by atoms with Gasteiger partial charge in [-0.15, -0.1) is 0 Å². The Labute approximate surface area is 136 Å². The first kappa shape index (κ1) is 15.6. The summed E-state index contributed by atoms with van der Waals surface area (Å²) in [5.41, 5.74) is 1.76. The molecule has 122 valence electrons. The van der Waals surface area contributed by atoms with Gasteiger partial charge in [-0.1, -0.05) is 12.1 Å². The summed E-state index contributed by atoms with van der Waals surface area (Å²) < 4.78 is 0. The van der Waals surface area contributed by atoms with Gasteiger partial charge in [0.2, 0.25) is 0 Å². The number of aryl methyl sites for hydroxylation is 1. The number of fused-ring (bicyclic) bond motifs is 1. The molecule has 0 unspecified atom stereocenters. The fourth-order valence-electron chi connectivity index (χ4n) is 2.79. The van der Waals surface area contributed by atoms with Gasteiger partial charge >= 0.3 is 0 Å². The van der Waals surface area contributed by atoms with Crippen LogP contribution >= 0.6 is 0 Å². The van der Waals surface area contributed by atoms with E-state index in [1.807, 2.05) is 0 Å². The van der Waals surface area contributed by atoms with Gasteiger partial charge in [0.05, 0.1) is 15.5 Å². The molecule has 0 fully saturated rings. The van der Waals surface area contributed by atoms with Gasteiger partial charge in [0.15, 0.2) is 0 Å². The van der Waals surface area contributed by atoms with Crippen LogP contribution in [0.15, 0.2) is 36.4 Å². The van der Waals surface area contributed by atoms with E-state index >= 15 is 0 Å². The average Bonchev–Trinajstić information content (AvgIpc) is 2.97. The maximum Gasteiger partial charge on any atom is 0.273 e. The van der Waals surface area contributed by atoms with E-state index in [2.05, 4.69) is 0 Å². The number of rotatable bonds is 3. The third-order valence-corrected chi connectivity index (χ3v) is 4.07. The zero-order valence-corrected chi connectivity index (χ0v) is 12.8. The molecule has 0 spiro atoms. The van der Waals surface area contributed by atoms with Crippen LogP contribution in [0.3, 0.4) is 0 Å². The minimum absolute atomic E-state index is 0.0941. The van der Waals surface area contributed by atoms with Crippen LogP contribution in [0.25, 0.3) is 0 Å². The molecule has 0 atom stereocenters. The summed E-state index contributed by atoms with van der Waals surface area (Å²) in [7, 11) is 0. The third-order valence-electron chi connectivity index (χ3n) is 4.07. The van der Waals surface area contributed by atoms with Crippen LogP contribution in [-0.2, 0) is 6.42 Å². The number of nitro benzene ring substituents is 2. The Morgan fingerprint density at radius 2 is 1.83 bits per heavy atom. The van der Waals surface area contributed by atoms with E-state index in [0.29, 0.717) is 24.2 Å². The highest BCUT2D eigenvalue weighted by Crippen LogP contribution is 2.33. The summed E-state index contributed by atoms with van der Waals surface area (Å²) in [6.07, 6.45) is 0.590. The molecular weight excluding hydrogens is 314 g/mol. The van der Waals surface area contributed by atoms with Gasteiger partial charge in [0.1, 0.15) is 0 Å². The summed E-state index contributed by atoms with van der Waals surface area (Å²) >= 11 is 0. The number of amides is 1. The number of nitro groups is 2. The molecule has 1 aliphatic rings. The fraction of sp³-hybridized carbons (Fsp3) is 0.188. The largest absolute Gasteiger partial charge is 0.307 e. The molecule has 0 radical (unpaired) electrons. The lowest BCUT2D eigenvalue weighted by molar-refractivity contribution is -0.385. The molecule has 8 heteroatoms. The van der Waals surface area contributed by atoms with Crippen LogP contribution in [-0.4, -0.2) is 22.3 Å². The van der Waals surface area contributed by atoms with Crippen molar-refractivity contribution in [3.63, 3.8) is 0 Å². The molecule has 0 bridgehead atoms. The van der Waals surface area contributed by atoms with Gasteiger partial charge in [0, 0.05) is 35.9 Å². The van der Waals surface area contributed by atoms with Crippen LogP contribution in [0.5, 0.6) is 0 Å². The van der Waals surface area contributed by atoms with E-state index in [-0.39, 0.29) is 16.9 Å². The molecule has 2 aromatic rings. The molecule has 1 heterocycles. The maximum absolute atomic E-state index is 12.7. The number of benzene rings is 2. The molecule has 1 aliphatic heterocycles. The van der Waals surface area contributed by atoms with Gasteiger partial charge in [-0.2, -0.15) is 0 Å². The second-order valence-corrected chi connectivity index (χ2v) is 5.54. The Bertz CT molecular complexity index is 878. The first-order chi connectivity index (χ1) is 11.4. The van der Waals surface area contributed by atoms with Crippen molar-refractivity contribution < 1.29 is 14.6 Å². The maximum atomic E-state index is 12.7. The van der Waals surface area contributed by atoms with E-state index in [1.54, 1.807) is 13.0 Å². The lowest BCUT2D eigenvalue weighted by atomic mass is 10.1. The molecular formula is C16H13N3O5. The van der Waals surface area contributed by atoms with Crippen LogP contribution < -0.4 is 4.90 Å².